The van der Waals surface area contributed by atoms with E-state index in [0.29, 0.717) is 10.8 Å². The standard InChI is InChI=1S/C14H23ClN2O3S/c1-3-5-14(6-4-2,11-21(16,18)19)10-20-13-7-12(15)8-17-9-13/h7-9H,3-6,10-11H2,1-2H3,(H2,16,18,19). The van der Waals surface area contributed by atoms with Crippen LogP contribution in [-0.2, 0) is 10.0 Å². The van der Waals surface area contributed by atoms with E-state index in [1.54, 1.807) is 12.3 Å². The van der Waals surface area contributed by atoms with Crippen LogP contribution in [0.3, 0.4) is 0 Å². The van der Waals surface area contributed by atoms with Crippen molar-refractivity contribution in [1.29, 1.82) is 0 Å². The highest BCUT2D eigenvalue weighted by Crippen LogP contribution is 2.32. The first kappa shape index (κ1) is 18.2. The summed E-state index contributed by atoms with van der Waals surface area (Å²) < 4.78 is 28.8. The van der Waals surface area contributed by atoms with Gasteiger partial charge in [0.05, 0.1) is 23.6 Å². The van der Waals surface area contributed by atoms with Gasteiger partial charge in [-0.15, -0.1) is 0 Å². The molecule has 0 radical (unpaired) electrons. The van der Waals surface area contributed by atoms with Crippen molar-refractivity contribution in [3.63, 3.8) is 0 Å². The van der Waals surface area contributed by atoms with Crippen LogP contribution in [0, 0.1) is 5.41 Å². The van der Waals surface area contributed by atoms with Crippen molar-refractivity contribution in [2.45, 2.75) is 39.5 Å². The van der Waals surface area contributed by atoms with Crippen molar-refractivity contribution in [3.8, 4) is 5.75 Å². The molecule has 0 aliphatic heterocycles. The fraction of sp³-hybridized carbons (Fsp3) is 0.643. The van der Waals surface area contributed by atoms with Gasteiger partial charge in [0.2, 0.25) is 10.0 Å². The van der Waals surface area contributed by atoms with Crippen molar-refractivity contribution >= 4 is 21.6 Å². The van der Waals surface area contributed by atoms with Gasteiger partial charge in [-0.1, -0.05) is 38.3 Å². The Morgan fingerprint density at radius 3 is 2.38 bits per heavy atom. The van der Waals surface area contributed by atoms with Gasteiger partial charge in [-0.2, -0.15) is 0 Å². The second-order valence-corrected chi connectivity index (χ2v) is 7.49. The maximum Gasteiger partial charge on any atom is 0.209 e. The largest absolute Gasteiger partial charge is 0.491 e. The number of hydrogen-bond donors (Lipinski definition) is 1. The number of nitrogens with zero attached hydrogens (tertiary/aromatic N) is 1. The minimum absolute atomic E-state index is 0.0737. The van der Waals surface area contributed by atoms with Gasteiger partial charge in [-0.3, -0.25) is 4.98 Å². The summed E-state index contributed by atoms with van der Waals surface area (Å²) in [5, 5.41) is 5.74. The van der Waals surface area contributed by atoms with Crippen LogP contribution in [0.5, 0.6) is 5.75 Å². The molecule has 5 nitrogen and oxygen atoms in total. The van der Waals surface area contributed by atoms with E-state index in [4.69, 9.17) is 21.5 Å². The second kappa shape index (κ2) is 7.96. The van der Waals surface area contributed by atoms with Gasteiger partial charge in [0.1, 0.15) is 5.75 Å². The zero-order valence-electron chi connectivity index (χ0n) is 12.5. The zero-order chi connectivity index (χ0) is 15.9. The SMILES string of the molecule is CCCC(CCC)(COc1cncc(Cl)c1)CS(N)(=O)=O. The summed E-state index contributed by atoms with van der Waals surface area (Å²) in [6, 6.07) is 1.66. The van der Waals surface area contributed by atoms with E-state index in [1.807, 2.05) is 13.8 Å². The van der Waals surface area contributed by atoms with Crippen LogP contribution >= 0.6 is 11.6 Å². The molecule has 0 aliphatic rings. The molecule has 0 saturated carbocycles. The highest BCUT2D eigenvalue weighted by molar-refractivity contribution is 7.89. The third-order valence-electron chi connectivity index (χ3n) is 3.29. The topological polar surface area (TPSA) is 82.3 Å². The molecule has 120 valence electrons. The summed E-state index contributed by atoms with van der Waals surface area (Å²) in [5.74, 6) is 0.462. The lowest BCUT2D eigenvalue weighted by Crippen LogP contribution is -2.38. The number of halogens is 1. The molecule has 0 spiro atoms. The van der Waals surface area contributed by atoms with Crippen molar-refractivity contribution < 1.29 is 13.2 Å². The van der Waals surface area contributed by atoms with Gasteiger partial charge < -0.3 is 4.74 Å². The number of rotatable bonds is 9. The fourth-order valence-electron chi connectivity index (χ4n) is 2.65. The van der Waals surface area contributed by atoms with Crippen molar-refractivity contribution in [1.82, 2.24) is 4.98 Å². The number of ether oxygens (including phenoxy) is 1. The van der Waals surface area contributed by atoms with Gasteiger partial charge in [0, 0.05) is 17.7 Å². The van der Waals surface area contributed by atoms with Crippen molar-refractivity contribution in [2.24, 2.45) is 10.6 Å². The Hall–Kier alpha value is -0.850. The summed E-state index contributed by atoms with van der Waals surface area (Å²) in [7, 11) is -3.56. The monoisotopic (exact) mass is 334 g/mol. The maximum absolute atomic E-state index is 11.6. The third-order valence-corrected chi connectivity index (χ3v) is 4.51. The molecule has 0 bridgehead atoms. The minimum Gasteiger partial charge on any atom is -0.491 e. The van der Waals surface area contributed by atoms with E-state index in [9.17, 15) is 8.42 Å². The van der Waals surface area contributed by atoms with Crippen molar-refractivity contribution in [3.05, 3.63) is 23.5 Å². The van der Waals surface area contributed by atoms with Crippen LogP contribution in [0.15, 0.2) is 18.5 Å². The first-order chi connectivity index (χ1) is 9.80. The molecular weight excluding hydrogens is 312 g/mol. The number of pyridine rings is 1. The number of hydrogen-bond acceptors (Lipinski definition) is 4. The van der Waals surface area contributed by atoms with Gasteiger partial charge in [-0.25, -0.2) is 13.6 Å². The lowest BCUT2D eigenvalue weighted by Gasteiger charge is -2.32. The Labute approximate surface area is 131 Å². The molecule has 0 aliphatic carbocycles. The molecule has 2 N–H and O–H groups in total. The number of primary sulfonamides is 1. The Bertz CT molecular complexity index is 543. The highest BCUT2D eigenvalue weighted by Gasteiger charge is 2.33. The first-order valence-corrected chi connectivity index (χ1v) is 9.13. The average molecular weight is 335 g/mol. The highest BCUT2D eigenvalue weighted by atomic mass is 35.5. The van der Waals surface area contributed by atoms with E-state index in [2.05, 4.69) is 4.98 Å². The van der Waals surface area contributed by atoms with Gasteiger partial charge >= 0.3 is 0 Å². The molecule has 0 fully saturated rings. The Kier molecular flexibility index (Phi) is 6.90. The summed E-state index contributed by atoms with van der Waals surface area (Å²) in [4.78, 5) is 3.95. The van der Waals surface area contributed by atoms with Gasteiger partial charge in [0.15, 0.2) is 0 Å². The number of nitrogens with two attached hydrogens (primary N) is 1. The molecule has 7 heteroatoms. The molecule has 1 aromatic heterocycles. The molecular formula is C14H23ClN2O3S. The summed E-state index contributed by atoms with van der Waals surface area (Å²) in [5.41, 5.74) is -0.473. The Morgan fingerprint density at radius 1 is 1.29 bits per heavy atom. The summed E-state index contributed by atoms with van der Waals surface area (Å²) in [6.07, 6.45) is 6.30. The summed E-state index contributed by atoms with van der Waals surface area (Å²) in [6.45, 7) is 4.33. The van der Waals surface area contributed by atoms with E-state index >= 15 is 0 Å². The second-order valence-electron chi connectivity index (χ2n) is 5.43. The van der Waals surface area contributed by atoms with Crippen LogP contribution in [0.25, 0.3) is 0 Å². The molecule has 0 amide bonds. The van der Waals surface area contributed by atoms with Gasteiger partial charge in [0.25, 0.3) is 0 Å². The van der Waals surface area contributed by atoms with Crippen LogP contribution < -0.4 is 9.88 Å². The van der Waals surface area contributed by atoms with E-state index in [0.717, 1.165) is 25.7 Å². The van der Waals surface area contributed by atoms with Crippen LogP contribution in [0.2, 0.25) is 5.02 Å². The van der Waals surface area contributed by atoms with Crippen LogP contribution in [-0.4, -0.2) is 25.8 Å². The third kappa shape index (κ3) is 6.63. The minimum atomic E-state index is -3.56. The average Bonchev–Trinajstić information content (AvgIpc) is 2.35. The molecule has 1 aromatic rings. The van der Waals surface area contributed by atoms with Crippen LogP contribution in [0.4, 0.5) is 0 Å². The number of aromatic nitrogens is 1. The quantitative estimate of drug-likeness (QED) is 0.752. The fourth-order valence-corrected chi connectivity index (χ4v) is 4.04. The van der Waals surface area contributed by atoms with E-state index in [1.165, 1.54) is 6.20 Å². The molecule has 1 heterocycles. The molecule has 1 rings (SSSR count). The lowest BCUT2D eigenvalue weighted by atomic mass is 9.82. The van der Waals surface area contributed by atoms with Crippen molar-refractivity contribution in [2.75, 3.05) is 12.4 Å². The molecule has 0 atom stereocenters. The maximum atomic E-state index is 11.6. The molecule has 0 saturated heterocycles. The predicted molar refractivity (Wildman–Crippen MR) is 85.0 cm³/mol. The Balaban J connectivity index is 2.89. The normalized spacial score (nSPS) is 12.4. The lowest BCUT2D eigenvalue weighted by molar-refractivity contribution is 0.141. The Morgan fingerprint density at radius 2 is 1.90 bits per heavy atom. The van der Waals surface area contributed by atoms with E-state index in [-0.39, 0.29) is 12.4 Å². The first-order valence-electron chi connectivity index (χ1n) is 7.04. The molecule has 0 aromatic carbocycles. The van der Waals surface area contributed by atoms with Gasteiger partial charge in [-0.05, 0) is 12.8 Å². The smallest absolute Gasteiger partial charge is 0.209 e. The molecule has 0 unspecified atom stereocenters. The molecule has 21 heavy (non-hydrogen) atoms. The van der Waals surface area contributed by atoms with Crippen LogP contribution in [0.1, 0.15) is 39.5 Å². The van der Waals surface area contributed by atoms with E-state index < -0.39 is 15.4 Å². The predicted octanol–water partition coefficient (Wildman–Crippen LogP) is 2.99. The number of sulfonamides is 1. The summed E-state index contributed by atoms with van der Waals surface area (Å²) >= 11 is 5.87. The zero-order valence-corrected chi connectivity index (χ0v) is 14.1.